The summed E-state index contributed by atoms with van der Waals surface area (Å²) in [5, 5.41) is 26.0. The van der Waals surface area contributed by atoms with Gasteiger partial charge < -0.3 is 15.6 Å². The molecule has 0 saturated heterocycles. The minimum atomic E-state index is -1.32. The first-order chi connectivity index (χ1) is 8.18. The van der Waals surface area contributed by atoms with Crippen LogP contribution in [0.2, 0.25) is 0 Å². The van der Waals surface area contributed by atoms with Gasteiger partial charge in [0, 0.05) is 10.2 Å². The van der Waals surface area contributed by atoms with Crippen molar-refractivity contribution < 1.29 is 15.0 Å². The molecule has 0 radical (unpaired) electrons. The highest BCUT2D eigenvalue weighted by molar-refractivity contribution is 9.12. The van der Waals surface area contributed by atoms with E-state index in [-0.39, 0.29) is 5.71 Å². The first-order valence-corrected chi connectivity index (χ1v) is 5.90. The summed E-state index contributed by atoms with van der Waals surface area (Å²) < 4.78 is 0.748. The third kappa shape index (κ3) is 4.71. The Morgan fingerprint density at radius 2 is 1.72 bits per heavy atom. The summed E-state index contributed by atoms with van der Waals surface area (Å²) in [6, 6.07) is 0. The highest BCUT2D eigenvalue weighted by atomic mass is 79.9. The molecule has 0 spiro atoms. The molecule has 5 heteroatoms. The second kappa shape index (κ2) is 6.96. The molecule has 0 rings (SSSR count). The fraction of sp³-hybridized carbons (Fsp3) is 0.231. The second-order valence-electron chi connectivity index (χ2n) is 3.80. The van der Waals surface area contributed by atoms with Crippen molar-refractivity contribution in [1.29, 1.82) is 5.41 Å². The van der Waals surface area contributed by atoms with Crippen LogP contribution in [0.3, 0.4) is 0 Å². The highest BCUT2D eigenvalue weighted by Gasteiger charge is 2.17. The molecule has 0 unspecified atom stereocenters. The van der Waals surface area contributed by atoms with Crippen molar-refractivity contribution in [2.24, 2.45) is 0 Å². The summed E-state index contributed by atoms with van der Waals surface area (Å²) in [4.78, 5) is 10.9. The zero-order chi connectivity index (χ0) is 14.5. The van der Waals surface area contributed by atoms with Gasteiger partial charge in [0.25, 0.3) is 0 Å². The number of hydrogen-bond acceptors (Lipinski definition) is 3. The fourth-order valence-electron chi connectivity index (χ4n) is 1.06. The molecule has 0 aromatic rings. The van der Waals surface area contributed by atoms with Gasteiger partial charge in [-0.15, -0.1) is 0 Å². The maximum Gasteiger partial charge on any atom is 0.341 e. The van der Waals surface area contributed by atoms with Gasteiger partial charge in [-0.1, -0.05) is 28.6 Å². The van der Waals surface area contributed by atoms with E-state index in [9.17, 15) is 9.90 Å². The molecule has 0 fully saturated rings. The lowest BCUT2D eigenvalue weighted by Crippen LogP contribution is -2.12. The monoisotopic (exact) mass is 313 g/mol. The van der Waals surface area contributed by atoms with E-state index in [1.165, 1.54) is 6.92 Å². The molecule has 0 bridgehead atoms. The molecule has 98 valence electrons. The SMILES string of the molecule is C=C(C)\C(Br)=C/C=C(C)/C(O)=C(/C(C)=N)C(=O)O. The van der Waals surface area contributed by atoms with E-state index in [2.05, 4.69) is 22.5 Å². The van der Waals surface area contributed by atoms with Crippen molar-refractivity contribution in [2.45, 2.75) is 20.8 Å². The summed E-state index contributed by atoms with van der Waals surface area (Å²) in [6.45, 7) is 8.41. The van der Waals surface area contributed by atoms with Gasteiger partial charge in [-0.05, 0) is 38.0 Å². The first-order valence-electron chi connectivity index (χ1n) is 5.10. The molecule has 0 aliphatic rings. The molecule has 0 atom stereocenters. The van der Waals surface area contributed by atoms with Crippen molar-refractivity contribution in [1.82, 2.24) is 0 Å². The Kier molecular flexibility index (Phi) is 6.33. The van der Waals surface area contributed by atoms with Gasteiger partial charge in [-0.2, -0.15) is 0 Å². The maximum atomic E-state index is 10.9. The normalized spacial score (nSPS) is 14.0. The lowest BCUT2D eigenvalue weighted by atomic mass is 10.1. The number of nitrogens with one attached hydrogen (secondary N) is 1. The van der Waals surface area contributed by atoms with Crippen molar-refractivity contribution in [3.05, 3.63) is 45.7 Å². The Morgan fingerprint density at radius 1 is 1.22 bits per heavy atom. The molecule has 18 heavy (non-hydrogen) atoms. The van der Waals surface area contributed by atoms with E-state index >= 15 is 0 Å². The van der Waals surface area contributed by atoms with Gasteiger partial charge in [0.2, 0.25) is 0 Å². The van der Waals surface area contributed by atoms with E-state index in [1.54, 1.807) is 19.1 Å². The van der Waals surface area contributed by atoms with Gasteiger partial charge >= 0.3 is 5.97 Å². The largest absolute Gasteiger partial charge is 0.507 e. The zero-order valence-corrected chi connectivity index (χ0v) is 12.1. The molecule has 0 heterocycles. The number of halogens is 1. The minimum absolute atomic E-state index is 0.198. The number of aliphatic carboxylic acids is 1. The number of carbonyl (C=O) groups is 1. The average molecular weight is 314 g/mol. The zero-order valence-electron chi connectivity index (χ0n) is 10.5. The Bertz CT molecular complexity index is 468. The summed E-state index contributed by atoms with van der Waals surface area (Å²) in [5.74, 6) is -1.73. The third-order valence-electron chi connectivity index (χ3n) is 2.09. The van der Waals surface area contributed by atoms with E-state index in [1.807, 2.05) is 6.92 Å². The number of allylic oxidation sites excluding steroid dienone is 5. The number of aliphatic hydroxyl groups is 1. The number of rotatable bonds is 5. The molecule has 0 aliphatic carbocycles. The Morgan fingerprint density at radius 3 is 2.06 bits per heavy atom. The van der Waals surface area contributed by atoms with Crippen LogP contribution in [0.25, 0.3) is 0 Å². The maximum absolute atomic E-state index is 10.9. The number of carboxylic acids is 1. The Labute approximate surface area is 115 Å². The van der Waals surface area contributed by atoms with E-state index in [0.717, 1.165) is 10.1 Å². The van der Waals surface area contributed by atoms with Crippen LogP contribution in [0.4, 0.5) is 0 Å². The predicted octanol–water partition coefficient (Wildman–Crippen LogP) is 3.72. The molecule has 4 nitrogen and oxygen atoms in total. The van der Waals surface area contributed by atoms with Crippen LogP contribution in [0.15, 0.2) is 45.7 Å². The minimum Gasteiger partial charge on any atom is -0.507 e. The smallest absolute Gasteiger partial charge is 0.341 e. The second-order valence-corrected chi connectivity index (χ2v) is 4.65. The lowest BCUT2D eigenvalue weighted by molar-refractivity contribution is -0.132. The van der Waals surface area contributed by atoms with Gasteiger partial charge in [-0.25, -0.2) is 4.79 Å². The van der Waals surface area contributed by atoms with E-state index in [0.29, 0.717) is 5.57 Å². The number of carboxylic acid groups (broad SMARTS) is 1. The summed E-state index contributed by atoms with van der Waals surface area (Å²) in [6.07, 6.45) is 3.21. The van der Waals surface area contributed by atoms with Crippen molar-refractivity contribution >= 4 is 27.6 Å². The van der Waals surface area contributed by atoms with Crippen LogP contribution < -0.4 is 0 Å². The van der Waals surface area contributed by atoms with Gasteiger partial charge in [-0.3, -0.25) is 0 Å². The number of aliphatic hydroxyl groups excluding tert-OH is 1. The molecule has 0 amide bonds. The molecular weight excluding hydrogens is 298 g/mol. The van der Waals surface area contributed by atoms with E-state index in [4.69, 9.17) is 10.5 Å². The van der Waals surface area contributed by atoms with Crippen LogP contribution in [0.5, 0.6) is 0 Å². The molecule has 0 saturated carbocycles. The highest BCUT2D eigenvalue weighted by Crippen LogP contribution is 2.17. The number of hydrogen-bond donors (Lipinski definition) is 3. The lowest BCUT2D eigenvalue weighted by Gasteiger charge is -2.05. The van der Waals surface area contributed by atoms with Crippen molar-refractivity contribution in [3.63, 3.8) is 0 Å². The summed E-state index contributed by atoms with van der Waals surface area (Å²) in [5.41, 5.74) is 0.570. The van der Waals surface area contributed by atoms with Gasteiger partial charge in [0.1, 0.15) is 11.3 Å². The van der Waals surface area contributed by atoms with Crippen LogP contribution >= 0.6 is 15.9 Å². The standard InChI is InChI=1S/C13H16BrNO3/c1-7(2)10(14)6-5-8(3)12(16)11(9(4)15)13(17)18/h5-6,15-16H,1H2,2-4H3,(H,17,18)/b8-5+,10-6+,12-11+,15-9?. The van der Waals surface area contributed by atoms with Crippen LogP contribution in [0.1, 0.15) is 20.8 Å². The summed E-state index contributed by atoms with van der Waals surface area (Å²) in [7, 11) is 0. The average Bonchev–Trinajstić information content (AvgIpc) is 2.23. The Hall–Kier alpha value is -1.62. The molecule has 3 N–H and O–H groups in total. The van der Waals surface area contributed by atoms with Crippen LogP contribution in [-0.4, -0.2) is 21.9 Å². The van der Waals surface area contributed by atoms with Crippen molar-refractivity contribution in [2.75, 3.05) is 0 Å². The summed E-state index contributed by atoms with van der Waals surface area (Å²) >= 11 is 3.28. The predicted molar refractivity (Wildman–Crippen MR) is 76.3 cm³/mol. The van der Waals surface area contributed by atoms with E-state index < -0.39 is 17.3 Å². The first kappa shape index (κ1) is 16.4. The molecule has 0 aromatic heterocycles. The Balaban J connectivity index is 5.50. The van der Waals surface area contributed by atoms with Crippen LogP contribution in [-0.2, 0) is 4.79 Å². The third-order valence-corrected chi connectivity index (χ3v) is 3.03. The molecule has 0 aliphatic heterocycles. The quantitative estimate of drug-likeness (QED) is 0.313. The van der Waals surface area contributed by atoms with Crippen LogP contribution in [0, 0.1) is 5.41 Å². The van der Waals surface area contributed by atoms with Gasteiger partial charge in [0.05, 0.1) is 0 Å². The molecule has 0 aromatic carbocycles. The van der Waals surface area contributed by atoms with Crippen molar-refractivity contribution in [3.8, 4) is 0 Å². The topological polar surface area (TPSA) is 81.4 Å². The molecular formula is C13H16BrNO3. The van der Waals surface area contributed by atoms with Gasteiger partial charge in [0.15, 0.2) is 0 Å². The fourth-order valence-corrected chi connectivity index (χ4v) is 1.19.